The second kappa shape index (κ2) is 5.47. The first kappa shape index (κ1) is 12.5. The highest BCUT2D eigenvalue weighted by Crippen LogP contribution is 2.29. The molecule has 1 saturated carbocycles. The molecular weight excluding hydrogens is 190 g/mol. The van der Waals surface area contributed by atoms with Crippen LogP contribution in [-0.2, 0) is 4.79 Å². The zero-order valence-electron chi connectivity index (χ0n) is 9.70. The highest BCUT2D eigenvalue weighted by molar-refractivity contribution is 5.79. The minimum Gasteiger partial charge on any atom is -0.368 e. The maximum absolute atomic E-state index is 10.7. The zero-order valence-corrected chi connectivity index (χ0v) is 9.70. The molecule has 0 heterocycles. The predicted octanol–water partition coefficient (Wildman–Crippen LogP) is 0.213. The summed E-state index contributed by atoms with van der Waals surface area (Å²) in [7, 11) is 0. The van der Waals surface area contributed by atoms with Crippen LogP contribution in [0.25, 0.3) is 0 Å². The van der Waals surface area contributed by atoms with Crippen molar-refractivity contribution in [2.24, 2.45) is 23.3 Å². The normalized spacial score (nSPS) is 33.7. The third-order valence-electron chi connectivity index (χ3n) is 3.59. The highest BCUT2D eigenvalue weighted by atomic mass is 16.1. The van der Waals surface area contributed by atoms with Crippen LogP contribution >= 0.6 is 0 Å². The minimum absolute atomic E-state index is 0.431. The summed E-state index contributed by atoms with van der Waals surface area (Å²) in [4.78, 5) is 10.7. The molecule has 4 atom stereocenters. The summed E-state index contributed by atoms with van der Waals surface area (Å²) in [5, 5.41) is 3.33. The lowest BCUT2D eigenvalue weighted by molar-refractivity contribution is -0.119. The van der Waals surface area contributed by atoms with Gasteiger partial charge in [0.15, 0.2) is 0 Å². The van der Waals surface area contributed by atoms with Gasteiger partial charge in [0.1, 0.15) is 0 Å². The third kappa shape index (κ3) is 3.80. The lowest BCUT2D eigenvalue weighted by Crippen LogP contribution is -2.48. The van der Waals surface area contributed by atoms with Crippen LogP contribution in [0.2, 0.25) is 0 Å². The van der Waals surface area contributed by atoms with Crippen LogP contribution in [0.15, 0.2) is 0 Å². The van der Waals surface area contributed by atoms with Gasteiger partial charge in [-0.05, 0) is 31.1 Å². The largest absolute Gasteiger partial charge is 0.368 e. The molecule has 1 aliphatic rings. The van der Waals surface area contributed by atoms with E-state index in [1.807, 2.05) is 0 Å². The van der Waals surface area contributed by atoms with Crippen molar-refractivity contribution in [2.45, 2.75) is 45.2 Å². The molecule has 4 nitrogen and oxygen atoms in total. The molecule has 0 aliphatic heterocycles. The predicted molar refractivity (Wildman–Crippen MR) is 61.1 cm³/mol. The Balaban J connectivity index is 2.25. The van der Waals surface area contributed by atoms with E-state index in [0.29, 0.717) is 12.6 Å². The molecule has 1 fully saturated rings. The average Bonchev–Trinajstić information content (AvgIpc) is 2.19. The van der Waals surface area contributed by atoms with Crippen molar-refractivity contribution in [1.82, 2.24) is 5.32 Å². The van der Waals surface area contributed by atoms with Gasteiger partial charge in [-0.15, -0.1) is 0 Å². The molecular formula is C11H23N3O. The Hall–Kier alpha value is -0.610. The highest BCUT2D eigenvalue weighted by Gasteiger charge is 2.24. The molecule has 0 radical (unpaired) electrons. The Morgan fingerprint density at radius 2 is 2.07 bits per heavy atom. The van der Waals surface area contributed by atoms with E-state index in [1.54, 1.807) is 0 Å². The van der Waals surface area contributed by atoms with Gasteiger partial charge in [0, 0.05) is 12.6 Å². The Bertz CT molecular complexity index is 220. The summed E-state index contributed by atoms with van der Waals surface area (Å²) in [6.45, 7) is 5.09. The monoisotopic (exact) mass is 213 g/mol. The van der Waals surface area contributed by atoms with Crippen LogP contribution in [0.5, 0.6) is 0 Å². The molecule has 0 bridgehead atoms. The number of carbonyl (C=O) groups excluding carboxylic acids is 1. The van der Waals surface area contributed by atoms with Crippen LogP contribution < -0.4 is 16.8 Å². The Kier molecular flexibility index (Phi) is 4.54. The minimum atomic E-state index is -0.556. The summed E-state index contributed by atoms with van der Waals surface area (Å²) in [5.74, 6) is 1.13. The molecule has 0 saturated heterocycles. The molecule has 4 heteroatoms. The molecule has 4 unspecified atom stereocenters. The van der Waals surface area contributed by atoms with E-state index < -0.39 is 11.9 Å². The van der Waals surface area contributed by atoms with Gasteiger partial charge in [-0.1, -0.05) is 13.8 Å². The molecule has 0 spiro atoms. The topological polar surface area (TPSA) is 81.1 Å². The van der Waals surface area contributed by atoms with Crippen molar-refractivity contribution in [3.05, 3.63) is 0 Å². The van der Waals surface area contributed by atoms with Gasteiger partial charge in [-0.2, -0.15) is 0 Å². The SMILES string of the molecule is CC1CCC(NCC(N)C(N)=O)CC1C. The smallest absolute Gasteiger partial charge is 0.235 e. The van der Waals surface area contributed by atoms with Crippen LogP contribution in [0.4, 0.5) is 0 Å². The van der Waals surface area contributed by atoms with Crippen LogP contribution in [-0.4, -0.2) is 24.5 Å². The molecule has 1 amide bonds. The van der Waals surface area contributed by atoms with E-state index >= 15 is 0 Å². The fourth-order valence-corrected chi connectivity index (χ4v) is 2.13. The van der Waals surface area contributed by atoms with Gasteiger partial charge in [-0.3, -0.25) is 4.79 Å². The summed E-state index contributed by atoms with van der Waals surface area (Å²) in [6, 6.07) is -0.0544. The Morgan fingerprint density at radius 1 is 1.40 bits per heavy atom. The second-order valence-corrected chi connectivity index (χ2v) is 4.88. The van der Waals surface area contributed by atoms with E-state index in [4.69, 9.17) is 11.5 Å². The van der Waals surface area contributed by atoms with Gasteiger partial charge < -0.3 is 16.8 Å². The van der Waals surface area contributed by atoms with E-state index in [1.165, 1.54) is 19.3 Å². The van der Waals surface area contributed by atoms with Crippen molar-refractivity contribution >= 4 is 5.91 Å². The van der Waals surface area contributed by atoms with Gasteiger partial charge in [0.25, 0.3) is 0 Å². The summed E-state index contributed by atoms with van der Waals surface area (Å²) in [5.41, 5.74) is 10.7. The van der Waals surface area contributed by atoms with E-state index in [9.17, 15) is 4.79 Å². The first-order chi connectivity index (χ1) is 7.00. The summed E-state index contributed by atoms with van der Waals surface area (Å²) < 4.78 is 0. The number of hydrogen-bond donors (Lipinski definition) is 3. The lowest BCUT2D eigenvalue weighted by Gasteiger charge is -2.33. The standard InChI is InChI=1S/C11H23N3O/c1-7-3-4-9(5-8(7)2)14-6-10(12)11(13)15/h7-10,14H,3-6,12H2,1-2H3,(H2,13,15). The van der Waals surface area contributed by atoms with Crippen LogP contribution in [0, 0.1) is 11.8 Å². The van der Waals surface area contributed by atoms with Gasteiger partial charge in [0.2, 0.25) is 5.91 Å². The number of nitrogens with one attached hydrogen (secondary N) is 1. The summed E-state index contributed by atoms with van der Waals surface area (Å²) in [6.07, 6.45) is 3.61. The van der Waals surface area contributed by atoms with E-state index in [0.717, 1.165) is 11.8 Å². The molecule has 0 aromatic rings. The molecule has 0 aromatic carbocycles. The van der Waals surface area contributed by atoms with Crippen molar-refractivity contribution in [3.8, 4) is 0 Å². The number of primary amides is 1. The maximum Gasteiger partial charge on any atom is 0.235 e. The summed E-state index contributed by atoms with van der Waals surface area (Å²) >= 11 is 0. The third-order valence-corrected chi connectivity index (χ3v) is 3.59. The Labute approximate surface area is 91.8 Å². The molecule has 1 rings (SSSR count). The molecule has 5 N–H and O–H groups in total. The van der Waals surface area contributed by atoms with Gasteiger partial charge >= 0.3 is 0 Å². The number of amides is 1. The van der Waals surface area contributed by atoms with Crippen LogP contribution in [0.3, 0.4) is 0 Å². The molecule has 0 aromatic heterocycles. The number of rotatable bonds is 4. The molecule has 88 valence electrons. The fourth-order valence-electron chi connectivity index (χ4n) is 2.13. The Morgan fingerprint density at radius 3 is 2.60 bits per heavy atom. The molecule has 15 heavy (non-hydrogen) atoms. The number of hydrogen-bond acceptors (Lipinski definition) is 3. The van der Waals surface area contributed by atoms with Gasteiger partial charge in [0.05, 0.1) is 6.04 Å². The zero-order chi connectivity index (χ0) is 11.4. The average molecular weight is 213 g/mol. The van der Waals surface area contributed by atoms with Gasteiger partial charge in [-0.25, -0.2) is 0 Å². The molecule has 1 aliphatic carbocycles. The number of carbonyl (C=O) groups is 1. The quantitative estimate of drug-likeness (QED) is 0.624. The van der Waals surface area contributed by atoms with Crippen molar-refractivity contribution in [2.75, 3.05) is 6.54 Å². The van der Waals surface area contributed by atoms with Crippen molar-refractivity contribution in [3.63, 3.8) is 0 Å². The number of nitrogens with two attached hydrogens (primary N) is 2. The first-order valence-electron chi connectivity index (χ1n) is 5.79. The van der Waals surface area contributed by atoms with Crippen LogP contribution in [0.1, 0.15) is 33.1 Å². The lowest BCUT2D eigenvalue weighted by atomic mass is 9.79. The van der Waals surface area contributed by atoms with Crippen molar-refractivity contribution in [1.29, 1.82) is 0 Å². The van der Waals surface area contributed by atoms with Crippen molar-refractivity contribution < 1.29 is 4.79 Å². The van der Waals surface area contributed by atoms with E-state index in [-0.39, 0.29) is 0 Å². The second-order valence-electron chi connectivity index (χ2n) is 4.88. The van der Waals surface area contributed by atoms with E-state index in [2.05, 4.69) is 19.2 Å². The fraction of sp³-hybridized carbons (Fsp3) is 0.909. The first-order valence-corrected chi connectivity index (χ1v) is 5.79. The maximum atomic E-state index is 10.7.